The highest BCUT2D eigenvalue weighted by atomic mass is 32.2. The molecule has 0 radical (unpaired) electrons. The van der Waals surface area contributed by atoms with E-state index in [1.807, 2.05) is 147 Å². The van der Waals surface area contributed by atoms with Gasteiger partial charge in [0.05, 0.1) is 53.5 Å². The van der Waals surface area contributed by atoms with E-state index in [2.05, 4.69) is 68.2 Å². The second-order valence-corrected chi connectivity index (χ2v) is 40.1. The Balaban J connectivity index is 1.03. The van der Waals surface area contributed by atoms with E-state index in [4.69, 9.17) is 18.9 Å². The molecule has 130 heavy (non-hydrogen) atoms. The lowest BCUT2D eigenvalue weighted by Crippen LogP contribution is -2.60. The van der Waals surface area contributed by atoms with E-state index in [0.717, 1.165) is 41.8 Å². The van der Waals surface area contributed by atoms with Crippen LogP contribution in [0, 0.1) is 35.0 Å². The average Bonchev–Trinajstić information content (AvgIpc) is 1.51. The molecule has 12 amide bonds. The van der Waals surface area contributed by atoms with Crippen LogP contribution in [0.1, 0.15) is 255 Å². The first-order valence-corrected chi connectivity index (χ1v) is 48.6. The summed E-state index contributed by atoms with van der Waals surface area (Å²) in [5, 5.41) is 22.6. The van der Waals surface area contributed by atoms with Gasteiger partial charge in [-0.1, -0.05) is 213 Å². The molecule has 3 heterocycles. The standard InChI is InChI=1S/C100H152N12O16S2/c1-22-52-100(53-23-2,73-43-34-28-26-25-27-29-35-44-73)130-79-63-82(115)112(94(79)121)57-39-31-36-47-80(113)105-75(45-37-38-55-102-96(123)99(16,17)54-59-128-98(13,14)15)90(118)107-83(65(4)5)91(119)103-70(12)89(117)104-74-50-48-72(49-51-74)64-127-97(124)110(19)85(67(8)9)92(120)108-84(66(6)7)95(122)109(18)86(68(10)24-3)78(125-20)62-81(114)111-58-40-46-77(111)87(126-21)69(11)88(116)106-76(93-101-56-60-129-93)61-71-41-32-30-33-42-71/h25-30,32-35,41-44,48-51,56,60,65-70,75-79,83-87H,22-24,31,36-40,45-47,52-55,57-59,61-64H2,1-21H3,(H,102,123)(H,103,119)(H,104,117)(H,105,113)(H,106,116)(H,107,118)(H,108,120)/t68-,69+,70-,75?,76+,77?,78+,79?,83-,84-,85-,86-,87+/m0/s1. The number of likely N-dealkylation sites (N-methyl/N-ethyl adjacent to an activating group) is 2. The first kappa shape index (κ1) is 109. The van der Waals surface area contributed by atoms with Crippen LogP contribution in [0.15, 0.2) is 121 Å². The van der Waals surface area contributed by atoms with Crippen LogP contribution in [0.2, 0.25) is 0 Å². The van der Waals surface area contributed by atoms with Crippen molar-refractivity contribution in [3.8, 4) is 0 Å². The van der Waals surface area contributed by atoms with Crippen LogP contribution in [0.25, 0.3) is 0 Å². The van der Waals surface area contributed by atoms with Gasteiger partial charge in [0.2, 0.25) is 65.0 Å². The van der Waals surface area contributed by atoms with Crippen LogP contribution in [-0.4, -0.2) is 216 Å². The molecular weight excluding hydrogens is 1690 g/mol. The molecule has 6 rings (SSSR count). The molecule has 28 nitrogen and oxygen atoms in total. The Kier molecular flexibility index (Phi) is 45.4. The van der Waals surface area contributed by atoms with Crippen molar-refractivity contribution < 1.29 is 76.5 Å². The molecule has 0 bridgehead atoms. The lowest BCUT2D eigenvalue weighted by Gasteiger charge is -2.41. The molecule has 2 aliphatic rings. The second kappa shape index (κ2) is 54.0. The monoisotopic (exact) mass is 1840 g/mol. The van der Waals surface area contributed by atoms with Crippen molar-refractivity contribution in [2.24, 2.45) is 35.0 Å². The number of nitrogens with zero attached hydrogens (tertiary/aromatic N) is 5. The van der Waals surface area contributed by atoms with E-state index in [1.165, 1.54) is 42.2 Å². The Bertz CT molecular complexity index is 4310. The summed E-state index contributed by atoms with van der Waals surface area (Å²) in [6.07, 6.45) is 8.41. The van der Waals surface area contributed by atoms with E-state index in [1.54, 1.807) is 93.9 Å². The minimum Gasteiger partial charge on any atom is -0.445 e. The van der Waals surface area contributed by atoms with Crippen molar-refractivity contribution in [1.29, 1.82) is 0 Å². The number of rotatable bonds is 53. The number of carbonyl (C=O) groups excluding carboxylic acids is 12. The SMILES string of the molecule is CCCC(CCC)(SC1CC(=O)N(CCCCCC(=O)NC(CCCCNC(=O)C(C)(C)CCOC(C)(C)C)C(=O)N[C@H](C(=O)N[C@@H](C)C(=O)Nc2ccc(COC(=O)N(C)[C@H](C(=O)N[C@H](C(=O)N(C)[C@@H]([C@@H](C)CC)[C@@H](CC(=O)N3CCCC3[C@H](OC)[C@@H](C)C(=O)N[C@H](Cc3ccccc3)c3nccs3)OC)C(C)C)C(C)C)cc2)C(C)C)C1=O)c1ccccccccc1. The minimum absolute atomic E-state index is 0.0396. The quantitative estimate of drug-likeness (QED) is 0.0159. The summed E-state index contributed by atoms with van der Waals surface area (Å²) in [6, 6.07) is 27.5. The summed E-state index contributed by atoms with van der Waals surface area (Å²) in [5.41, 5.74) is 1.97. The minimum atomic E-state index is -1.15. The largest absolute Gasteiger partial charge is 0.445 e. The number of thiazole rings is 1. The Morgan fingerprint density at radius 3 is 1.85 bits per heavy atom. The summed E-state index contributed by atoms with van der Waals surface area (Å²) in [6.45, 7) is 33.0. The van der Waals surface area contributed by atoms with Crippen LogP contribution in [0.3, 0.4) is 0 Å². The number of amides is 12. The van der Waals surface area contributed by atoms with Crippen molar-refractivity contribution >= 4 is 99.9 Å². The Morgan fingerprint density at radius 2 is 1.27 bits per heavy atom. The fraction of sp³-hybridized carbons (Fsp3) is 0.630. The molecule has 0 aliphatic carbocycles. The van der Waals surface area contributed by atoms with Gasteiger partial charge in [-0.2, -0.15) is 0 Å². The third-order valence-corrected chi connectivity index (χ3v) is 27.3. The third kappa shape index (κ3) is 33.4. The highest BCUT2D eigenvalue weighted by molar-refractivity contribution is 8.01. The van der Waals surface area contributed by atoms with Crippen LogP contribution < -0.4 is 37.2 Å². The second-order valence-electron chi connectivity index (χ2n) is 37.5. The molecule has 0 saturated carbocycles. The fourth-order valence-electron chi connectivity index (χ4n) is 17.0. The van der Waals surface area contributed by atoms with Crippen molar-refractivity contribution in [3.63, 3.8) is 0 Å². The molecule has 1 aromatic heterocycles. The van der Waals surface area contributed by atoms with Crippen molar-refractivity contribution in [1.82, 2.24) is 56.5 Å². The number of carbonyl (C=O) groups is 12. The first-order chi connectivity index (χ1) is 61.7. The molecule has 720 valence electrons. The van der Waals surface area contributed by atoms with Crippen molar-refractivity contribution in [2.45, 2.75) is 316 Å². The molecule has 0 spiro atoms. The molecule has 2 fully saturated rings. The summed E-state index contributed by atoms with van der Waals surface area (Å²) in [7, 11) is 6.18. The topological polar surface area (TPSA) is 352 Å². The van der Waals surface area contributed by atoms with Crippen LogP contribution in [0.4, 0.5) is 10.5 Å². The number of ether oxygens (including phenoxy) is 4. The number of hydrogen-bond donors (Lipinski definition) is 7. The number of anilines is 1. The normalized spacial score (nSPS) is 16.8. The molecule has 30 heteroatoms. The van der Waals surface area contributed by atoms with Gasteiger partial charge in [-0.15, -0.1) is 23.1 Å². The van der Waals surface area contributed by atoms with Gasteiger partial charge in [-0.3, -0.25) is 62.5 Å². The zero-order valence-corrected chi connectivity index (χ0v) is 82.8. The summed E-state index contributed by atoms with van der Waals surface area (Å²) < 4.78 is 23.5. The molecule has 2 aliphatic heterocycles. The number of benzene rings is 2. The lowest BCUT2D eigenvalue weighted by atomic mass is 9.88. The fourth-order valence-corrected chi connectivity index (χ4v) is 19.6. The van der Waals surface area contributed by atoms with E-state index in [0.29, 0.717) is 95.2 Å². The number of nitrogens with one attached hydrogen (secondary N) is 7. The molecule has 2 saturated heterocycles. The maximum atomic E-state index is 15.0. The molecule has 3 unspecified atom stereocenters. The molecule has 7 N–H and O–H groups in total. The van der Waals surface area contributed by atoms with Crippen molar-refractivity contribution in [3.05, 3.63) is 142 Å². The van der Waals surface area contributed by atoms with Gasteiger partial charge in [0.1, 0.15) is 41.8 Å². The molecule has 4 aromatic rings. The molecule has 13 atom stereocenters. The van der Waals surface area contributed by atoms with E-state index >= 15 is 0 Å². The number of unbranched alkanes of at least 4 members (excludes halogenated alkanes) is 3. The zero-order valence-electron chi connectivity index (χ0n) is 81.1. The lowest BCUT2D eigenvalue weighted by molar-refractivity contribution is -0.148. The predicted octanol–water partition coefficient (Wildman–Crippen LogP) is 14.5. The van der Waals surface area contributed by atoms with Crippen LogP contribution in [-0.2, 0) is 89.5 Å². The molecular formula is C100H152N12O16S2. The smallest absolute Gasteiger partial charge is 0.410 e. The average molecular weight is 1840 g/mol. The van der Waals surface area contributed by atoms with Gasteiger partial charge in [-0.05, 0) is 151 Å². The van der Waals surface area contributed by atoms with Gasteiger partial charge in [-0.25, -0.2) is 9.78 Å². The number of hydrogen-bond acceptors (Lipinski definition) is 19. The number of imide groups is 1. The highest BCUT2D eigenvalue weighted by Gasteiger charge is 2.47. The number of thioether (sulfide) groups is 1. The Morgan fingerprint density at radius 1 is 0.646 bits per heavy atom. The summed E-state index contributed by atoms with van der Waals surface area (Å²) in [4.78, 5) is 180. The Hall–Kier alpha value is -9.36. The van der Waals surface area contributed by atoms with Gasteiger partial charge >= 0.3 is 6.09 Å². The van der Waals surface area contributed by atoms with Crippen LogP contribution in [0.5, 0.6) is 0 Å². The predicted molar refractivity (Wildman–Crippen MR) is 512 cm³/mol. The van der Waals surface area contributed by atoms with E-state index in [9.17, 15) is 57.5 Å². The number of aromatic nitrogens is 1. The number of methoxy groups -OCH3 is 2. The highest BCUT2D eigenvalue weighted by Crippen LogP contribution is 2.49. The maximum Gasteiger partial charge on any atom is 0.410 e. The third-order valence-electron chi connectivity index (χ3n) is 24.7. The zero-order chi connectivity index (χ0) is 96.2. The number of likely N-dealkylation sites (tertiary alicyclic amines) is 2. The van der Waals surface area contributed by atoms with E-state index < -0.39 is 130 Å². The summed E-state index contributed by atoms with van der Waals surface area (Å²) >= 11 is 3.07. The molecule has 3 aromatic carbocycles. The maximum absolute atomic E-state index is 15.0. The van der Waals surface area contributed by atoms with Gasteiger partial charge in [0.25, 0.3) is 0 Å². The summed E-state index contributed by atoms with van der Waals surface area (Å²) in [5.74, 6) is -6.44. The van der Waals surface area contributed by atoms with E-state index in [-0.39, 0.29) is 90.7 Å². The van der Waals surface area contributed by atoms with Crippen molar-refractivity contribution in [2.75, 3.05) is 59.9 Å². The van der Waals surface area contributed by atoms with Gasteiger partial charge in [0.15, 0.2) is 0 Å². The van der Waals surface area contributed by atoms with Crippen LogP contribution >= 0.6 is 23.1 Å². The first-order valence-electron chi connectivity index (χ1n) is 46.8. The van der Waals surface area contributed by atoms with Gasteiger partial charge in [0, 0.05) is 94.8 Å². The Labute approximate surface area is 781 Å². The van der Waals surface area contributed by atoms with Gasteiger partial charge < -0.3 is 66.0 Å².